The van der Waals surface area contributed by atoms with E-state index < -0.39 is 0 Å². The van der Waals surface area contributed by atoms with E-state index in [2.05, 4.69) is 31.2 Å². The third kappa shape index (κ3) is 2.15. The van der Waals surface area contributed by atoms with Crippen molar-refractivity contribution in [3.05, 3.63) is 53.2 Å². The normalized spacial score (nSPS) is 16.9. The zero-order valence-electron chi connectivity index (χ0n) is 12.2. The first-order valence-electron chi connectivity index (χ1n) is 7.09. The van der Waals surface area contributed by atoms with Crippen LogP contribution in [0, 0.1) is 12.3 Å². The Hall–Kier alpha value is -1.96. The van der Waals surface area contributed by atoms with Gasteiger partial charge in [-0.1, -0.05) is 43.7 Å². The van der Waals surface area contributed by atoms with Gasteiger partial charge in [0.2, 0.25) is 0 Å². The molecule has 0 saturated heterocycles. The first kappa shape index (κ1) is 13.0. The second-order valence-electron chi connectivity index (χ2n) is 6.27. The second-order valence-corrected chi connectivity index (χ2v) is 6.27. The maximum absolute atomic E-state index is 12.4. The molecule has 1 aliphatic carbocycles. The molecule has 0 unspecified atom stereocenters. The van der Waals surface area contributed by atoms with E-state index in [1.165, 1.54) is 5.56 Å². The molecule has 1 aliphatic rings. The van der Waals surface area contributed by atoms with E-state index in [0.717, 1.165) is 35.4 Å². The van der Waals surface area contributed by atoms with Crippen LogP contribution in [0.4, 0.5) is 0 Å². The van der Waals surface area contributed by atoms with E-state index in [9.17, 15) is 4.79 Å². The molecule has 20 heavy (non-hydrogen) atoms. The van der Waals surface area contributed by atoms with E-state index in [4.69, 9.17) is 4.98 Å². The molecule has 0 saturated carbocycles. The van der Waals surface area contributed by atoms with E-state index in [1.807, 2.05) is 26.0 Å². The smallest absolute Gasteiger partial charge is 0.170 e. The molecule has 0 radical (unpaired) electrons. The van der Waals surface area contributed by atoms with Crippen molar-refractivity contribution in [3.8, 4) is 11.3 Å². The molecule has 1 aromatic heterocycles. The largest absolute Gasteiger partial charge is 0.294 e. The maximum Gasteiger partial charge on any atom is 0.170 e. The lowest BCUT2D eigenvalue weighted by Gasteiger charge is -2.29. The Morgan fingerprint density at radius 2 is 1.75 bits per heavy atom. The monoisotopic (exact) mass is 265 g/mol. The third-order valence-electron chi connectivity index (χ3n) is 4.17. The molecule has 0 amide bonds. The minimum atomic E-state index is -0.250. The van der Waals surface area contributed by atoms with Crippen molar-refractivity contribution in [2.75, 3.05) is 0 Å². The van der Waals surface area contributed by atoms with Gasteiger partial charge in [0, 0.05) is 16.5 Å². The van der Waals surface area contributed by atoms with Crippen LogP contribution in [0.2, 0.25) is 0 Å². The molecule has 1 heterocycles. The summed E-state index contributed by atoms with van der Waals surface area (Å²) in [6.07, 6.45) is 1.76. The first-order valence-corrected chi connectivity index (χ1v) is 7.09. The molecule has 0 atom stereocenters. The van der Waals surface area contributed by atoms with Crippen LogP contribution in [0.1, 0.15) is 41.9 Å². The van der Waals surface area contributed by atoms with Gasteiger partial charge in [-0.3, -0.25) is 9.78 Å². The Labute approximate surface area is 119 Å². The van der Waals surface area contributed by atoms with Gasteiger partial charge in [0.15, 0.2) is 5.78 Å². The molecule has 3 rings (SSSR count). The lowest BCUT2D eigenvalue weighted by atomic mass is 9.75. The van der Waals surface area contributed by atoms with E-state index >= 15 is 0 Å². The highest BCUT2D eigenvalue weighted by Crippen LogP contribution is 2.34. The van der Waals surface area contributed by atoms with Gasteiger partial charge in [-0.15, -0.1) is 0 Å². The molecular weight excluding hydrogens is 246 g/mol. The molecule has 1 aromatic carbocycles. The van der Waals surface area contributed by atoms with Crippen molar-refractivity contribution >= 4 is 5.78 Å². The van der Waals surface area contributed by atoms with Gasteiger partial charge < -0.3 is 0 Å². The van der Waals surface area contributed by atoms with Crippen LogP contribution in [0.5, 0.6) is 0 Å². The predicted molar refractivity (Wildman–Crippen MR) is 80.8 cm³/mol. The summed E-state index contributed by atoms with van der Waals surface area (Å²) in [4.78, 5) is 17.1. The molecule has 102 valence electrons. The van der Waals surface area contributed by atoms with Gasteiger partial charge >= 0.3 is 0 Å². The van der Waals surface area contributed by atoms with Crippen molar-refractivity contribution in [2.45, 2.75) is 33.6 Å². The number of ketones is 1. The summed E-state index contributed by atoms with van der Waals surface area (Å²) in [7, 11) is 0. The van der Waals surface area contributed by atoms with E-state index in [-0.39, 0.29) is 11.2 Å². The van der Waals surface area contributed by atoms with Gasteiger partial charge in [-0.05, 0) is 31.9 Å². The number of fused-ring (bicyclic) bond motifs is 1. The Kier molecular flexibility index (Phi) is 2.97. The molecule has 0 fully saturated rings. The van der Waals surface area contributed by atoms with Crippen LogP contribution < -0.4 is 0 Å². The average molecular weight is 265 g/mol. The molecule has 2 heteroatoms. The Morgan fingerprint density at radius 1 is 1.05 bits per heavy atom. The highest BCUT2D eigenvalue weighted by molar-refractivity contribution is 6.02. The topological polar surface area (TPSA) is 30.0 Å². The summed E-state index contributed by atoms with van der Waals surface area (Å²) in [5.74, 6) is 0.224. The summed E-state index contributed by atoms with van der Waals surface area (Å²) in [6, 6.07) is 12.2. The van der Waals surface area contributed by atoms with Gasteiger partial charge in [0.1, 0.15) is 0 Å². The minimum Gasteiger partial charge on any atom is -0.294 e. The van der Waals surface area contributed by atoms with Gasteiger partial charge in [0.05, 0.1) is 11.4 Å². The summed E-state index contributed by atoms with van der Waals surface area (Å²) in [5.41, 5.74) is 4.81. The zero-order chi connectivity index (χ0) is 14.3. The van der Waals surface area contributed by atoms with Gasteiger partial charge in [0.25, 0.3) is 0 Å². The molecule has 0 N–H and O–H groups in total. The van der Waals surface area contributed by atoms with Crippen LogP contribution in [0.3, 0.4) is 0 Å². The zero-order valence-corrected chi connectivity index (χ0v) is 12.2. The molecular formula is C18H19NO. The predicted octanol–water partition coefficient (Wildman–Crippen LogP) is 4.21. The van der Waals surface area contributed by atoms with E-state index in [0.29, 0.717) is 0 Å². The second kappa shape index (κ2) is 4.55. The van der Waals surface area contributed by atoms with Gasteiger partial charge in [-0.2, -0.15) is 0 Å². The third-order valence-corrected chi connectivity index (χ3v) is 4.17. The highest BCUT2D eigenvalue weighted by atomic mass is 16.1. The fraction of sp³-hybridized carbons (Fsp3) is 0.333. The number of pyridine rings is 1. The van der Waals surface area contributed by atoms with Crippen molar-refractivity contribution < 1.29 is 4.79 Å². The van der Waals surface area contributed by atoms with Crippen molar-refractivity contribution in [3.63, 3.8) is 0 Å². The van der Waals surface area contributed by atoms with Crippen molar-refractivity contribution in [2.24, 2.45) is 5.41 Å². The number of hydrogen-bond donors (Lipinski definition) is 0. The molecule has 0 aliphatic heterocycles. The highest BCUT2D eigenvalue weighted by Gasteiger charge is 2.34. The molecule has 2 nitrogen and oxygen atoms in total. The van der Waals surface area contributed by atoms with Gasteiger partial charge in [-0.25, -0.2) is 0 Å². The number of benzene rings is 1. The minimum absolute atomic E-state index is 0.224. The standard InChI is InChI=1S/C18H19NO/c1-12-4-6-13(7-5-12)15-9-8-14-16(19-15)10-11-18(2,3)17(14)20/h4-9H,10-11H2,1-3H3. The molecule has 0 spiro atoms. The first-order chi connectivity index (χ1) is 9.47. The fourth-order valence-corrected chi connectivity index (χ4v) is 2.69. The maximum atomic E-state index is 12.4. The summed E-state index contributed by atoms with van der Waals surface area (Å²) in [5, 5.41) is 0. The Morgan fingerprint density at radius 3 is 2.45 bits per heavy atom. The van der Waals surface area contributed by atoms with Crippen LogP contribution in [-0.4, -0.2) is 10.8 Å². The van der Waals surface area contributed by atoms with E-state index in [1.54, 1.807) is 0 Å². The van der Waals surface area contributed by atoms with Crippen LogP contribution in [0.25, 0.3) is 11.3 Å². The van der Waals surface area contributed by atoms with Crippen molar-refractivity contribution in [1.29, 1.82) is 0 Å². The Balaban J connectivity index is 2.03. The number of rotatable bonds is 1. The van der Waals surface area contributed by atoms with Crippen LogP contribution >= 0.6 is 0 Å². The number of carbonyl (C=O) groups is 1. The quantitative estimate of drug-likeness (QED) is 0.773. The summed E-state index contributed by atoms with van der Waals surface area (Å²) < 4.78 is 0. The summed E-state index contributed by atoms with van der Waals surface area (Å²) in [6.45, 7) is 6.11. The number of nitrogens with zero attached hydrogens (tertiary/aromatic N) is 1. The average Bonchev–Trinajstić information content (AvgIpc) is 2.44. The number of aromatic nitrogens is 1. The molecule has 2 aromatic rings. The summed E-state index contributed by atoms with van der Waals surface area (Å²) >= 11 is 0. The fourth-order valence-electron chi connectivity index (χ4n) is 2.69. The number of carbonyl (C=O) groups excluding carboxylic acids is 1. The Bertz CT molecular complexity index is 668. The number of hydrogen-bond acceptors (Lipinski definition) is 2. The van der Waals surface area contributed by atoms with Crippen LogP contribution in [-0.2, 0) is 6.42 Å². The number of Topliss-reactive ketones (excluding diaryl/α,β-unsaturated/α-hetero) is 1. The van der Waals surface area contributed by atoms with Crippen molar-refractivity contribution in [1.82, 2.24) is 4.98 Å². The van der Waals surface area contributed by atoms with Crippen LogP contribution in [0.15, 0.2) is 36.4 Å². The molecule has 0 bridgehead atoms. The lowest BCUT2D eigenvalue weighted by Crippen LogP contribution is -2.31. The SMILES string of the molecule is Cc1ccc(-c2ccc3c(n2)CCC(C)(C)C3=O)cc1. The number of aryl methyl sites for hydroxylation is 2. The lowest BCUT2D eigenvalue weighted by molar-refractivity contribution is 0.0809.